The van der Waals surface area contributed by atoms with Crippen LogP contribution in [0, 0.1) is 5.92 Å². The normalized spacial score (nSPS) is 20.8. The summed E-state index contributed by atoms with van der Waals surface area (Å²) in [7, 11) is -3.67. The molecule has 0 spiro atoms. The molecule has 2 N–H and O–H groups in total. The Labute approximate surface area is 131 Å². The average Bonchev–Trinajstić information content (AvgIpc) is 2.52. The van der Waals surface area contributed by atoms with Crippen LogP contribution >= 0.6 is 0 Å². The lowest BCUT2D eigenvalue weighted by Crippen LogP contribution is -2.35. The molecule has 120 valence electrons. The van der Waals surface area contributed by atoms with E-state index in [2.05, 4.69) is 22.2 Å². The van der Waals surface area contributed by atoms with Gasteiger partial charge < -0.3 is 0 Å². The molecule has 0 saturated heterocycles. The first-order chi connectivity index (χ1) is 10.5. The molecule has 1 fully saturated rings. The van der Waals surface area contributed by atoms with Crippen molar-refractivity contribution in [2.45, 2.75) is 37.5 Å². The Kier molecular flexibility index (Phi) is 5.68. The van der Waals surface area contributed by atoms with E-state index in [1.165, 1.54) is 18.6 Å². The van der Waals surface area contributed by atoms with Gasteiger partial charge in [-0.1, -0.05) is 25.1 Å². The number of carbonyl (C=O) groups excluding carboxylic acids is 1. The van der Waals surface area contributed by atoms with E-state index >= 15 is 0 Å². The number of rotatable bonds is 5. The van der Waals surface area contributed by atoms with Crippen molar-refractivity contribution in [3.63, 3.8) is 0 Å². The first kappa shape index (κ1) is 16.6. The van der Waals surface area contributed by atoms with Crippen LogP contribution in [0.15, 0.2) is 40.3 Å². The molecular weight excluding hydrogens is 302 g/mol. The molecule has 1 saturated carbocycles. The summed E-state index contributed by atoms with van der Waals surface area (Å²) in [6.45, 7) is 1.83. The lowest BCUT2D eigenvalue weighted by Gasteiger charge is -2.18. The van der Waals surface area contributed by atoms with E-state index in [-0.39, 0.29) is 11.4 Å². The molecule has 1 aliphatic carbocycles. The summed E-state index contributed by atoms with van der Waals surface area (Å²) in [6, 6.07) is 7.94. The highest BCUT2D eigenvalue weighted by Crippen LogP contribution is 2.20. The number of hydrazone groups is 1. The molecule has 0 aliphatic heterocycles. The molecule has 0 radical (unpaired) electrons. The van der Waals surface area contributed by atoms with Crippen molar-refractivity contribution in [1.82, 2.24) is 10.1 Å². The van der Waals surface area contributed by atoms with E-state index in [0.717, 1.165) is 25.0 Å². The predicted octanol–water partition coefficient (Wildman–Crippen LogP) is 1.65. The van der Waals surface area contributed by atoms with Gasteiger partial charge in [0.1, 0.15) is 0 Å². The van der Waals surface area contributed by atoms with Crippen LogP contribution in [0.2, 0.25) is 0 Å². The van der Waals surface area contributed by atoms with Crippen LogP contribution in [0.5, 0.6) is 0 Å². The summed E-state index contributed by atoms with van der Waals surface area (Å²) >= 11 is 0. The lowest BCUT2D eigenvalue weighted by atomic mass is 9.89. The molecule has 22 heavy (non-hydrogen) atoms. The molecule has 0 unspecified atom stereocenters. The molecule has 7 heteroatoms. The van der Waals surface area contributed by atoms with Crippen molar-refractivity contribution in [1.29, 1.82) is 0 Å². The van der Waals surface area contributed by atoms with Gasteiger partial charge in [-0.05, 0) is 43.7 Å². The highest BCUT2D eigenvalue weighted by Gasteiger charge is 2.16. The third kappa shape index (κ3) is 4.92. The van der Waals surface area contributed by atoms with E-state index in [4.69, 9.17) is 0 Å². The maximum atomic E-state index is 12.0. The van der Waals surface area contributed by atoms with Crippen LogP contribution in [-0.2, 0) is 14.8 Å². The van der Waals surface area contributed by atoms with Gasteiger partial charge in [-0.15, -0.1) is 0 Å². The highest BCUT2D eigenvalue weighted by molar-refractivity contribution is 7.89. The molecule has 1 aliphatic rings. The van der Waals surface area contributed by atoms with Gasteiger partial charge >= 0.3 is 0 Å². The standard InChI is InChI=1S/C15H21N3O3S/c1-12-6-5-7-13(10-12)17-18-15(19)11-16-22(20,21)14-8-3-2-4-9-14/h2-4,8-9,12,16H,5-7,10-11H2,1H3,(H,18,19)/b17-13-/t12-/m0/s1. The van der Waals surface area contributed by atoms with Gasteiger partial charge in [0.05, 0.1) is 11.4 Å². The van der Waals surface area contributed by atoms with Gasteiger partial charge in [-0.25, -0.2) is 18.6 Å². The van der Waals surface area contributed by atoms with Gasteiger partial charge in [-0.2, -0.15) is 5.10 Å². The van der Waals surface area contributed by atoms with Gasteiger partial charge in [0.15, 0.2) is 0 Å². The number of sulfonamides is 1. The molecular formula is C15H21N3O3S. The minimum Gasteiger partial charge on any atom is -0.272 e. The van der Waals surface area contributed by atoms with E-state index in [1.807, 2.05) is 0 Å². The van der Waals surface area contributed by atoms with Crippen LogP contribution in [0.3, 0.4) is 0 Å². The molecule has 1 amide bonds. The second-order valence-corrected chi connectivity index (χ2v) is 7.32. The zero-order valence-corrected chi connectivity index (χ0v) is 13.4. The van der Waals surface area contributed by atoms with E-state index in [0.29, 0.717) is 5.92 Å². The first-order valence-electron chi connectivity index (χ1n) is 7.36. The zero-order valence-electron chi connectivity index (χ0n) is 12.6. The molecule has 0 bridgehead atoms. The smallest absolute Gasteiger partial charge is 0.255 e. The lowest BCUT2D eigenvalue weighted by molar-refractivity contribution is -0.119. The third-order valence-electron chi connectivity index (χ3n) is 3.56. The summed E-state index contributed by atoms with van der Waals surface area (Å²) in [5.74, 6) is 0.117. The molecule has 0 heterocycles. The summed E-state index contributed by atoms with van der Waals surface area (Å²) in [5.41, 5.74) is 3.39. The topological polar surface area (TPSA) is 87.6 Å². The minimum absolute atomic E-state index is 0.134. The SMILES string of the molecule is C[C@H]1CCC/C(=N/NC(=O)CNS(=O)(=O)c2ccccc2)C1. The predicted molar refractivity (Wildman–Crippen MR) is 84.8 cm³/mol. The molecule has 1 aromatic rings. The third-order valence-corrected chi connectivity index (χ3v) is 4.98. The molecule has 2 rings (SSSR count). The first-order valence-corrected chi connectivity index (χ1v) is 8.84. The van der Waals surface area contributed by atoms with Crippen molar-refractivity contribution < 1.29 is 13.2 Å². The van der Waals surface area contributed by atoms with Crippen molar-refractivity contribution in [2.75, 3.05) is 6.54 Å². The second-order valence-electron chi connectivity index (χ2n) is 5.55. The summed E-state index contributed by atoms with van der Waals surface area (Å²) in [5, 5.41) is 4.09. The molecule has 6 nitrogen and oxygen atoms in total. The van der Waals surface area contributed by atoms with Crippen LogP contribution < -0.4 is 10.1 Å². The summed E-state index contributed by atoms with van der Waals surface area (Å²) in [4.78, 5) is 11.8. The quantitative estimate of drug-likeness (QED) is 0.808. The van der Waals surface area contributed by atoms with Crippen LogP contribution in [0.25, 0.3) is 0 Å². The minimum atomic E-state index is -3.67. The van der Waals surface area contributed by atoms with E-state index in [9.17, 15) is 13.2 Å². The number of nitrogens with zero attached hydrogens (tertiary/aromatic N) is 1. The van der Waals surface area contributed by atoms with Crippen LogP contribution in [0.4, 0.5) is 0 Å². The van der Waals surface area contributed by atoms with Crippen molar-refractivity contribution in [3.05, 3.63) is 30.3 Å². The van der Waals surface area contributed by atoms with Gasteiger partial charge in [0.25, 0.3) is 5.91 Å². The largest absolute Gasteiger partial charge is 0.272 e. The Morgan fingerprint density at radius 2 is 2.05 bits per heavy atom. The maximum Gasteiger partial charge on any atom is 0.255 e. The Bertz CT molecular complexity index is 641. The van der Waals surface area contributed by atoms with E-state index in [1.54, 1.807) is 18.2 Å². The molecule has 1 aromatic carbocycles. The molecule has 0 aromatic heterocycles. The fraction of sp³-hybridized carbons (Fsp3) is 0.467. The number of benzene rings is 1. The van der Waals surface area contributed by atoms with Gasteiger partial charge in [0.2, 0.25) is 10.0 Å². The Morgan fingerprint density at radius 3 is 2.73 bits per heavy atom. The van der Waals surface area contributed by atoms with Crippen molar-refractivity contribution in [3.8, 4) is 0 Å². The summed E-state index contributed by atoms with van der Waals surface area (Å²) in [6.07, 6.45) is 4.04. The monoisotopic (exact) mass is 323 g/mol. The Hall–Kier alpha value is -1.73. The Morgan fingerprint density at radius 1 is 1.32 bits per heavy atom. The number of carbonyl (C=O) groups is 1. The molecule has 1 atom stereocenters. The van der Waals surface area contributed by atoms with Crippen LogP contribution in [-0.4, -0.2) is 26.6 Å². The second kappa shape index (κ2) is 7.51. The van der Waals surface area contributed by atoms with Crippen LogP contribution in [0.1, 0.15) is 32.6 Å². The number of hydrogen-bond donors (Lipinski definition) is 2. The number of amides is 1. The van der Waals surface area contributed by atoms with Gasteiger partial charge in [-0.3, -0.25) is 4.79 Å². The highest BCUT2D eigenvalue weighted by atomic mass is 32.2. The Balaban J connectivity index is 1.84. The fourth-order valence-electron chi connectivity index (χ4n) is 2.39. The average molecular weight is 323 g/mol. The van der Waals surface area contributed by atoms with Crippen molar-refractivity contribution >= 4 is 21.6 Å². The zero-order chi connectivity index (χ0) is 16.0. The maximum absolute atomic E-state index is 12.0. The van der Waals surface area contributed by atoms with Crippen molar-refractivity contribution in [2.24, 2.45) is 11.0 Å². The fourth-order valence-corrected chi connectivity index (χ4v) is 3.39. The number of nitrogens with one attached hydrogen (secondary N) is 2. The van der Waals surface area contributed by atoms with Gasteiger partial charge in [0, 0.05) is 5.71 Å². The number of hydrogen-bond acceptors (Lipinski definition) is 4. The van der Waals surface area contributed by atoms with E-state index < -0.39 is 15.9 Å². The summed E-state index contributed by atoms with van der Waals surface area (Å²) < 4.78 is 26.2.